The average Bonchev–Trinajstić information content (AvgIpc) is 2.45. The molecule has 0 atom stereocenters. The van der Waals surface area contributed by atoms with Crippen LogP contribution in [0.25, 0.3) is 0 Å². The molecule has 0 bridgehead atoms. The SMILES string of the molecule is COc1ccc(C(=O)c2cccc(C)c2)c(C(=O)O)c1. The number of hydrogen-bond acceptors (Lipinski definition) is 3. The molecule has 0 amide bonds. The number of hydrogen-bond donors (Lipinski definition) is 1. The summed E-state index contributed by atoms with van der Waals surface area (Å²) in [6, 6.07) is 11.5. The zero-order valence-corrected chi connectivity index (χ0v) is 11.2. The standard InChI is InChI=1S/C16H14O4/c1-10-4-3-5-11(8-10)15(17)13-7-6-12(20-2)9-14(13)16(18)19/h3-9H,1-2H3,(H,18,19). The third kappa shape index (κ3) is 2.69. The van der Waals surface area contributed by atoms with Crippen molar-refractivity contribution in [1.82, 2.24) is 0 Å². The summed E-state index contributed by atoms with van der Waals surface area (Å²) in [5.41, 5.74) is 1.51. The van der Waals surface area contributed by atoms with Gasteiger partial charge in [-0.1, -0.05) is 23.8 Å². The van der Waals surface area contributed by atoms with E-state index in [1.165, 1.54) is 19.2 Å². The molecule has 0 fully saturated rings. The molecule has 102 valence electrons. The highest BCUT2D eigenvalue weighted by Gasteiger charge is 2.18. The van der Waals surface area contributed by atoms with Gasteiger partial charge in [0.25, 0.3) is 0 Å². The maximum atomic E-state index is 12.4. The summed E-state index contributed by atoms with van der Waals surface area (Å²) in [5.74, 6) is -1.06. The van der Waals surface area contributed by atoms with E-state index in [9.17, 15) is 14.7 Å². The summed E-state index contributed by atoms with van der Waals surface area (Å²) in [6.45, 7) is 1.88. The molecule has 2 aromatic carbocycles. The smallest absolute Gasteiger partial charge is 0.336 e. The minimum Gasteiger partial charge on any atom is -0.497 e. The number of ether oxygens (including phenoxy) is 1. The lowest BCUT2D eigenvalue weighted by Gasteiger charge is -2.08. The molecule has 0 spiro atoms. The Morgan fingerprint density at radius 1 is 1.05 bits per heavy atom. The van der Waals surface area contributed by atoms with Crippen LogP contribution in [0.5, 0.6) is 5.75 Å². The lowest BCUT2D eigenvalue weighted by atomic mass is 9.97. The number of carbonyl (C=O) groups excluding carboxylic acids is 1. The van der Waals surface area contributed by atoms with E-state index in [1.54, 1.807) is 24.3 Å². The number of carboxylic acid groups (broad SMARTS) is 1. The van der Waals surface area contributed by atoms with Gasteiger partial charge < -0.3 is 9.84 Å². The fourth-order valence-electron chi connectivity index (χ4n) is 1.97. The topological polar surface area (TPSA) is 63.6 Å². The number of ketones is 1. The summed E-state index contributed by atoms with van der Waals surface area (Å²) in [6.07, 6.45) is 0. The zero-order valence-electron chi connectivity index (χ0n) is 11.2. The second kappa shape index (κ2) is 5.57. The fraction of sp³-hybridized carbons (Fsp3) is 0.125. The number of benzene rings is 2. The van der Waals surface area contributed by atoms with Gasteiger partial charge in [-0.3, -0.25) is 4.79 Å². The summed E-state index contributed by atoms with van der Waals surface area (Å²) >= 11 is 0. The molecule has 4 nitrogen and oxygen atoms in total. The summed E-state index contributed by atoms with van der Waals surface area (Å²) < 4.78 is 4.99. The van der Waals surface area contributed by atoms with Crippen molar-refractivity contribution in [2.75, 3.05) is 7.11 Å². The van der Waals surface area contributed by atoms with E-state index in [0.717, 1.165) is 5.56 Å². The first kappa shape index (κ1) is 13.8. The lowest BCUT2D eigenvalue weighted by molar-refractivity contribution is 0.0692. The highest BCUT2D eigenvalue weighted by atomic mass is 16.5. The van der Waals surface area contributed by atoms with Gasteiger partial charge in [0.05, 0.1) is 12.7 Å². The van der Waals surface area contributed by atoms with Crippen LogP contribution in [0.3, 0.4) is 0 Å². The molecule has 0 aliphatic rings. The molecule has 0 aliphatic carbocycles. The zero-order chi connectivity index (χ0) is 14.7. The van der Waals surface area contributed by atoms with Crippen LogP contribution in [-0.4, -0.2) is 24.0 Å². The van der Waals surface area contributed by atoms with E-state index in [4.69, 9.17) is 4.74 Å². The highest BCUT2D eigenvalue weighted by Crippen LogP contribution is 2.21. The number of carboxylic acids is 1. The van der Waals surface area contributed by atoms with Gasteiger partial charge in [0.15, 0.2) is 5.78 Å². The van der Waals surface area contributed by atoms with Crippen LogP contribution in [0.15, 0.2) is 42.5 Å². The molecule has 0 aromatic heterocycles. The van der Waals surface area contributed by atoms with Gasteiger partial charge in [0.1, 0.15) is 5.75 Å². The number of aryl methyl sites for hydroxylation is 1. The average molecular weight is 270 g/mol. The lowest BCUT2D eigenvalue weighted by Crippen LogP contribution is -2.10. The van der Waals surface area contributed by atoms with Crippen molar-refractivity contribution in [2.24, 2.45) is 0 Å². The first-order chi connectivity index (χ1) is 9.52. The normalized spacial score (nSPS) is 10.1. The Kier molecular flexibility index (Phi) is 3.84. The van der Waals surface area contributed by atoms with Gasteiger partial charge in [-0.05, 0) is 31.2 Å². The Bertz CT molecular complexity index is 674. The van der Waals surface area contributed by atoms with Gasteiger partial charge in [-0.15, -0.1) is 0 Å². The molecule has 0 saturated heterocycles. The Balaban J connectivity index is 2.52. The van der Waals surface area contributed by atoms with Crippen LogP contribution < -0.4 is 4.74 Å². The van der Waals surface area contributed by atoms with Crippen LogP contribution in [-0.2, 0) is 0 Å². The molecule has 2 rings (SSSR count). The van der Waals surface area contributed by atoms with E-state index < -0.39 is 5.97 Å². The Labute approximate surface area is 116 Å². The van der Waals surface area contributed by atoms with E-state index in [-0.39, 0.29) is 16.9 Å². The number of carbonyl (C=O) groups is 2. The van der Waals surface area contributed by atoms with Crippen molar-refractivity contribution in [3.63, 3.8) is 0 Å². The van der Waals surface area contributed by atoms with Crippen LogP contribution in [0.2, 0.25) is 0 Å². The van der Waals surface area contributed by atoms with Gasteiger partial charge in [0, 0.05) is 11.1 Å². The van der Waals surface area contributed by atoms with E-state index in [0.29, 0.717) is 11.3 Å². The van der Waals surface area contributed by atoms with E-state index in [2.05, 4.69) is 0 Å². The van der Waals surface area contributed by atoms with Crippen LogP contribution in [0.4, 0.5) is 0 Å². The molecular formula is C16H14O4. The molecule has 1 N–H and O–H groups in total. The molecule has 20 heavy (non-hydrogen) atoms. The largest absolute Gasteiger partial charge is 0.497 e. The third-order valence-corrected chi connectivity index (χ3v) is 2.98. The molecule has 4 heteroatoms. The molecule has 0 unspecified atom stereocenters. The first-order valence-electron chi connectivity index (χ1n) is 6.05. The molecule has 0 saturated carbocycles. The maximum Gasteiger partial charge on any atom is 0.336 e. The number of aromatic carboxylic acids is 1. The van der Waals surface area contributed by atoms with E-state index in [1.807, 2.05) is 13.0 Å². The van der Waals surface area contributed by atoms with Gasteiger partial charge in [0.2, 0.25) is 0 Å². The number of methoxy groups -OCH3 is 1. The second-order valence-electron chi connectivity index (χ2n) is 4.42. The highest BCUT2D eigenvalue weighted by molar-refractivity contribution is 6.14. The van der Waals surface area contributed by atoms with Crippen molar-refractivity contribution in [3.05, 3.63) is 64.7 Å². The summed E-state index contributed by atoms with van der Waals surface area (Å²) in [5, 5.41) is 9.23. The monoisotopic (exact) mass is 270 g/mol. The molecule has 0 radical (unpaired) electrons. The van der Waals surface area contributed by atoms with Crippen LogP contribution >= 0.6 is 0 Å². The minimum absolute atomic E-state index is 0.0594. The molecule has 2 aromatic rings. The summed E-state index contributed by atoms with van der Waals surface area (Å²) in [7, 11) is 1.45. The van der Waals surface area contributed by atoms with Gasteiger partial charge in [-0.2, -0.15) is 0 Å². The minimum atomic E-state index is -1.15. The van der Waals surface area contributed by atoms with Crippen molar-refractivity contribution in [1.29, 1.82) is 0 Å². The second-order valence-corrected chi connectivity index (χ2v) is 4.42. The Morgan fingerprint density at radius 3 is 2.40 bits per heavy atom. The summed E-state index contributed by atoms with van der Waals surface area (Å²) in [4.78, 5) is 23.7. The fourth-order valence-corrected chi connectivity index (χ4v) is 1.97. The quantitative estimate of drug-likeness (QED) is 0.867. The van der Waals surface area contributed by atoms with E-state index >= 15 is 0 Å². The maximum absolute atomic E-state index is 12.4. The van der Waals surface area contributed by atoms with Crippen LogP contribution in [0.1, 0.15) is 31.8 Å². The van der Waals surface area contributed by atoms with Crippen molar-refractivity contribution < 1.29 is 19.4 Å². The number of rotatable bonds is 4. The van der Waals surface area contributed by atoms with Crippen LogP contribution in [0, 0.1) is 6.92 Å². The predicted octanol–water partition coefficient (Wildman–Crippen LogP) is 2.93. The predicted molar refractivity (Wildman–Crippen MR) is 74.6 cm³/mol. The third-order valence-electron chi connectivity index (χ3n) is 2.98. The van der Waals surface area contributed by atoms with Gasteiger partial charge in [-0.25, -0.2) is 4.79 Å². The Hall–Kier alpha value is -2.62. The molecule has 0 heterocycles. The van der Waals surface area contributed by atoms with Crippen molar-refractivity contribution >= 4 is 11.8 Å². The van der Waals surface area contributed by atoms with Crippen molar-refractivity contribution in [2.45, 2.75) is 6.92 Å². The van der Waals surface area contributed by atoms with Crippen molar-refractivity contribution in [3.8, 4) is 5.75 Å². The molecule has 0 aliphatic heterocycles. The molecular weight excluding hydrogens is 256 g/mol. The first-order valence-corrected chi connectivity index (χ1v) is 6.05. The van der Waals surface area contributed by atoms with Gasteiger partial charge >= 0.3 is 5.97 Å². The Morgan fingerprint density at radius 2 is 1.80 bits per heavy atom.